The number of rotatable bonds is 7. The Bertz CT molecular complexity index is 1030. The molecule has 1 amide bonds. The molecule has 0 bridgehead atoms. The second kappa shape index (κ2) is 10.1. The summed E-state index contributed by atoms with van der Waals surface area (Å²) >= 11 is 0. The summed E-state index contributed by atoms with van der Waals surface area (Å²) < 4.78 is 19.5. The van der Waals surface area contributed by atoms with Gasteiger partial charge in [0.05, 0.1) is 6.54 Å². The van der Waals surface area contributed by atoms with Crippen LogP contribution in [0.3, 0.4) is 0 Å². The molecule has 4 rings (SSSR count). The van der Waals surface area contributed by atoms with Crippen molar-refractivity contribution in [3.63, 3.8) is 0 Å². The fraction of sp³-hybridized carbons (Fsp3) is 0.360. The van der Waals surface area contributed by atoms with Crippen molar-refractivity contribution in [2.75, 3.05) is 33.2 Å². The van der Waals surface area contributed by atoms with Crippen LogP contribution in [0.25, 0.3) is 0 Å². The van der Waals surface area contributed by atoms with Gasteiger partial charge in [0.25, 0.3) is 5.91 Å². The lowest BCUT2D eigenvalue weighted by atomic mass is 10.1. The Morgan fingerprint density at radius 3 is 2.56 bits per heavy atom. The zero-order valence-electron chi connectivity index (χ0n) is 18.6. The molecule has 1 aromatic heterocycles. The number of benzene rings is 2. The summed E-state index contributed by atoms with van der Waals surface area (Å²) in [5, 5.41) is 0. The normalized spacial score (nSPS) is 15.8. The van der Waals surface area contributed by atoms with Crippen LogP contribution in [-0.4, -0.2) is 58.8 Å². The van der Waals surface area contributed by atoms with Crippen molar-refractivity contribution in [3.8, 4) is 0 Å². The number of hydrogen-bond donors (Lipinski definition) is 0. The number of likely N-dealkylation sites (N-methyl/N-ethyl adjacent to an activating group) is 1. The fourth-order valence-electron chi connectivity index (χ4n) is 3.97. The van der Waals surface area contributed by atoms with Gasteiger partial charge in [-0.2, -0.15) is 0 Å². The lowest BCUT2D eigenvalue weighted by molar-refractivity contribution is 0.0658. The summed E-state index contributed by atoms with van der Waals surface area (Å²) in [4.78, 5) is 23.5. The Kier molecular flexibility index (Phi) is 6.97. The van der Waals surface area contributed by atoms with Crippen molar-refractivity contribution in [1.82, 2.24) is 19.7 Å². The molecule has 1 aliphatic rings. The molecule has 1 atom stereocenters. The van der Waals surface area contributed by atoms with E-state index in [4.69, 9.17) is 4.42 Å². The minimum atomic E-state index is -0.258. The molecule has 6 nitrogen and oxygen atoms in total. The topological polar surface area (TPSA) is 52.8 Å². The van der Waals surface area contributed by atoms with E-state index in [0.29, 0.717) is 37.8 Å². The third-order valence-electron chi connectivity index (χ3n) is 6.00. The second-order valence-electron chi connectivity index (χ2n) is 8.34. The number of halogens is 1. The summed E-state index contributed by atoms with van der Waals surface area (Å²) in [7, 11) is 2.05. The van der Waals surface area contributed by atoms with E-state index < -0.39 is 0 Å². The highest BCUT2D eigenvalue weighted by Crippen LogP contribution is 2.25. The van der Waals surface area contributed by atoms with Crippen LogP contribution >= 0.6 is 0 Å². The Morgan fingerprint density at radius 1 is 1.09 bits per heavy atom. The van der Waals surface area contributed by atoms with Crippen molar-refractivity contribution < 1.29 is 13.6 Å². The highest BCUT2D eigenvalue weighted by atomic mass is 19.1. The molecule has 0 spiro atoms. The van der Waals surface area contributed by atoms with Gasteiger partial charge >= 0.3 is 0 Å². The SMILES string of the molecule is CC(c1ccccc1)N(Cc1cccc(F)c1)Cc1nc(C(=O)N2CCN(C)CC2)co1. The van der Waals surface area contributed by atoms with Gasteiger partial charge in [-0.3, -0.25) is 9.69 Å². The largest absolute Gasteiger partial charge is 0.447 e. The standard InChI is InChI=1S/C25H29FN4O2/c1-19(21-8-4-3-5-9-21)30(16-20-7-6-10-22(26)15-20)17-24-27-23(18-32-24)25(31)29-13-11-28(2)12-14-29/h3-10,15,18-19H,11-14,16-17H2,1-2H3. The first-order chi connectivity index (χ1) is 15.5. The Balaban J connectivity index is 1.51. The van der Waals surface area contributed by atoms with E-state index in [1.165, 1.54) is 12.3 Å². The minimum Gasteiger partial charge on any atom is -0.447 e. The van der Waals surface area contributed by atoms with Gasteiger partial charge in [0.1, 0.15) is 12.1 Å². The molecular weight excluding hydrogens is 407 g/mol. The van der Waals surface area contributed by atoms with E-state index in [1.54, 1.807) is 12.1 Å². The summed E-state index contributed by atoms with van der Waals surface area (Å²) in [6, 6.07) is 16.8. The first-order valence-electron chi connectivity index (χ1n) is 11.0. The molecule has 1 fully saturated rings. The quantitative estimate of drug-likeness (QED) is 0.561. The predicted molar refractivity (Wildman–Crippen MR) is 120 cm³/mol. The summed E-state index contributed by atoms with van der Waals surface area (Å²) in [5.41, 5.74) is 2.35. The van der Waals surface area contributed by atoms with Gasteiger partial charge in [-0.15, -0.1) is 0 Å². The fourth-order valence-corrected chi connectivity index (χ4v) is 3.97. The summed E-state index contributed by atoms with van der Waals surface area (Å²) in [5.74, 6) is 0.119. The summed E-state index contributed by atoms with van der Waals surface area (Å²) in [6.45, 7) is 6.12. The number of carbonyl (C=O) groups excluding carboxylic acids is 1. The molecule has 0 N–H and O–H groups in total. The maximum absolute atomic E-state index is 13.8. The van der Waals surface area contributed by atoms with Gasteiger partial charge in [0.2, 0.25) is 5.89 Å². The number of hydrogen-bond acceptors (Lipinski definition) is 5. The van der Waals surface area contributed by atoms with E-state index in [2.05, 4.69) is 40.9 Å². The average molecular weight is 437 g/mol. The average Bonchev–Trinajstić information content (AvgIpc) is 3.27. The van der Waals surface area contributed by atoms with E-state index in [9.17, 15) is 9.18 Å². The maximum Gasteiger partial charge on any atom is 0.275 e. The van der Waals surface area contributed by atoms with Gasteiger partial charge < -0.3 is 14.2 Å². The molecule has 2 heterocycles. The first-order valence-corrected chi connectivity index (χ1v) is 11.0. The molecule has 3 aromatic rings. The third-order valence-corrected chi connectivity index (χ3v) is 6.00. The molecule has 7 heteroatoms. The molecule has 0 radical (unpaired) electrons. The van der Waals surface area contributed by atoms with Gasteiger partial charge in [-0.25, -0.2) is 9.37 Å². The second-order valence-corrected chi connectivity index (χ2v) is 8.34. The van der Waals surface area contributed by atoms with Gasteiger partial charge in [-0.05, 0) is 37.2 Å². The number of nitrogens with zero attached hydrogens (tertiary/aromatic N) is 4. The minimum absolute atomic E-state index is 0.0446. The van der Waals surface area contributed by atoms with E-state index in [0.717, 1.165) is 24.2 Å². The van der Waals surface area contributed by atoms with Gasteiger partial charge in [0.15, 0.2) is 5.69 Å². The molecule has 168 valence electrons. The van der Waals surface area contributed by atoms with Crippen LogP contribution in [0.5, 0.6) is 0 Å². The smallest absolute Gasteiger partial charge is 0.275 e. The molecule has 0 aliphatic carbocycles. The zero-order chi connectivity index (χ0) is 22.5. The van der Waals surface area contributed by atoms with Crippen LogP contribution < -0.4 is 0 Å². The number of oxazole rings is 1. The van der Waals surface area contributed by atoms with Crippen molar-refractivity contribution in [2.45, 2.75) is 26.1 Å². The molecule has 1 aliphatic heterocycles. The Morgan fingerprint density at radius 2 is 1.84 bits per heavy atom. The molecule has 0 saturated carbocycles. The van der Waals surface area contributed by atoms with Gasteiger partial charge in [-0.1, -0.05) is 42.5 Å². The molecule has 1 unspecified atom stereocenters. The van der Waals surface area contributed by atoms with E-state index >= 15 is 0 Å². The third kappa shape index (κ3) is 5.41. The first kappa shape index (κ1) is 22.2. The van der Waals surface area contributed by atoms with Crippen LogP contribution in [0.2, 0.25) is 0 Å². The van der Waals surface area contributed by atoms with Crippen LogP contribution in [0.1, 0.15) is 40.5 Å². The molecule has 32 heavy (non-hydrogen) atoms. The van der Waals surface area contributed by atoms with Crippen LogP contribution in [0.4, 0.5) is 4.39 Å². The highest BCUT2D eigenvalue weighted by Gasteiger charge is 2.24. The van der Waals surface area contributed by atoms with Crippen molar-refractivity contribution in [1.29, 1.82) is 0 Å². The zero-order valence-corrected chi connectivity index (χ0v) is 18.6. The van der Waals surface area contributed by atoms with Crippen LogP contribution in [0, 0.1) is 5.82 Å². The van der Waals surface area contributed by atoms with Gasteiger partial charge in [0, 0.05) is 38.8 Å². The summed E-state index contributed by atoms with van der Waals surface area (Å²) in [6.07, 6.45) is 1.45. The number of aromatic nitrogens is 1. The maximum atomic E-state index is 13.8. The van der Waals surface area contributed by atoms with Crippen molar-refractivity contribution >= 4 is 5.91 Å². The van der Waals surface area contributed by atoms with Crippen molar-refractivity contribution in [2.24, 2.45) is 0 Å². The predicted octanol–water partition coefficient (Wildman–Crippen LogP) is 3.96. The molecule has 2 aromatic carbocycles. The van der Waals surface area contributed by atoms with Crippen LogP contribution in [-0.2, 0) is 13.1 Å². The molecular formula is C25H29FN4O2. The lowest BCUT2D eigenvalue weighted by Crippen LogP contribution is -2.47. The van der Waals surface area contributed by atoms with E-state index in [-0.39, 0.29) is 17.8 Å². The monoisotopic (exact) mass is 436 g/mol. The van der Waals surface area contributed by atoms with Crippen LogP contribution in [0.15, 0.2) is 65.3 Å². The number of amides is 1. The Hall–Kier alpha value is -3.03. The number of piperazine rings is 1. The van der Waals surface area contributed by atoms with Crippen molar-refractivity contribution in [3.05, 3.63) is 89.4 Å². The number of carbonyl (C=O) groups is 1. The Labute approximate surface area is 188 Å². The highest BCUT2D eigenvalue weighted by molar-refractivity contribution is 5.92. The lowest BCUT2D eigenvalue weighted by Gasteiger charge is -2.31. The van der Waals surface area contributed by atoms with E-state index in [1.807, 2.05) is 29.2 Å². The molecule has 1 saturated heterocycles.